The molecular formula is C11H10INO3S2. The Morgan fingerprint density at radius 2 is 1.83 bits per heavy atom. The van der Waals surface area contributed by atoms with Gasteiger partial charge in [0.15, 0.2) is 0 Å². The Labute approximate surface area is 123 Å². The first kappa shape index (κ1) is 13.8. The Balaban J connectivity index is 2.24. The zero-order valence-electron chi connectivity index (χ0n) is 9.13. The lowest BCUT2D eigenvalue weighted by atomic mass is 10.3. The number of hydrogen-bond acceptors (Lipinski definition) is 4. The SMILES string of the molecule is O=S(=O)(Nc1ccc(I)cc1)c1ccc(CO)s1. The maximum atomic E-state index is 12.0. The smallest absolute Gasteiger partial charge is 0.271 e. The molecule has 0 aliphatic heterocycles. The van der Waals surface area contributed by atoms with Crippen molar-refractivity contribution in [3.8, 4) is 0 Å². The minimum atomic E-state index is -3.56. The van der Waals surface area contributed by atoms with Crippen molar-refractivity contribution in [3.05, 3.63) is 44.8 Å². The molecule has 0 saturated heterocycles. The van der Waals surface area contributed by atoms with Gasteiger partial charge in [-0.2, -0.15) is 0 Å². The first-order valence-corrected chi connectivity index (χ1v) is 8.37. The van der Waals surface area contributed by atoms with Crippen LogP contribution in [0, 0.1) is 3.57 Å². The summed E-state index contributed by atoms with van der Waals surface area (Å²) in [5, 5.41) is 8.93. The molecule has 2 N–H and O–H groups in total. The van der Waals surface area contributed by atoms with E-state index >= 15 is 0 Å². The first-order chi connectivity index (χ1) is 8.51. The minimum Gasteiger partial charge on any atom is -0.391 e. The number of thiophene rings is 1. The number of aliphatic hydroxyl groups is 1. The molecule has 0 aliphatic carbocycles. The Bertz CT molecular complexity index is 635. The largest absolute Gasteiger partial charge is 0.391 e. The van der Waals surface area contributed by atoms with Crippen LogP contribution in [0.15, 0.2) is 40.6 Å². The van der Waals surface area contributed by atoms with Gasteiger partial charge < -0.3 is 5.11 Å². The topological polar surface area (TPSA) is 66.4 Å². The van der Waals surface area contributed by atoms with Crippen LogP contribution in [0.5, 0.6) is 0 Å². The molecule has 0 atom stereocenters. The summed E-state index contributed by atoms with van der Waals surface area (Å²) in [5.74, 6) is 0. The van der Waals surface area contributed by atoms with Crippen molar-refractivity contribution in [2.24, 2.45) is 0 Å². The van der Waals surface area contributed by atoms with Gasteiger partial charge in [-0.15, -0.1) is 11.3 Å². The Kier molecular flexibility index (Phi) is 4.25. The monoisotopic (exact) mass is 395 g/mol. The van der Waals surface area contributed by atoms with Gasteiger partial charge in [-0.1, -0.05) is 0 Å². The molecule has 0 unspecified atom stereocenters. The van der Waals surface area contributed by atoms with Gasteiger partial charge in [0.25, 0.3) is 10.0 Å². The fourth-order valence-corrected chi connectivity index (χ4v) is 3.94. The summed E-state index contributed by atoms with van der Waals surface area (Å²) < 4.78 is 27.8. The van der Waals surface area contributed by atoms with Gasteiger partial charge in [0, 0.05) is 14.1 Å². The molecule has 0 fully saturated rings. The van der Waals surface area contributed by atoms with Gasteiger partial charge in [-0.25, -0.2) is 8.42 Å². The fourth-order valence-electron chi connectivity index (χ4n) is 1.31. The zero-order chi connectivity index (χ0) is 13.2. The highest BCUT2D eigenvalue weighted by Crippen LogP contribution is 2.24. The molecule has 96 valence electrons. The molecule has 1 heterocycles. The second-order valence-electron chi connectivity index (χ2n) is 3.49. The normalized spacial score (nSPS) is 11.4. The van der Waals surface area contributed by atoms with E-state index < -0.39 is 10.0 Å². The van der Waals surface area contributed by atoms with Gasteiger partial charge >= 0.3 is 0 Å². The van der Waals surface area contributed by atoms with Gasteiger partial charge in [-0.3, -0.25) is 4.72 Å². The average Bonchev–Trinajstić information content (AvgIpc) is 2.81. The van der Waals surface area contributed by atoms with Crippen molar-refractivity contribution in [3.63, 3.8) is 0 Å². The maximum absolute atomic E-state index is 12.0. The van der Waals surface area contributed by atoms with Gasteiger partial charge in [0.1, 0.15) is 4.21 Å². The summed E-state index contributed by atoms with van der Waals surface area (Å²) >= 11 is 3.21. The third kappa shape index (κ3) is 3.22. The van der Waals surface area contributed by atoms with Crippen LogP contribution in [0.3, 0.4) is 0 Å². The van der Waals surface area contributed by atoms with E-state index in [1.54, 1.807) is 18.2 Å². The summed E-state index contributed by atoms with van der Waals surface area (Å²) in [6, 6.07) is 10.2. The summed E-state index contributed by atoms with van der Waals surface area (Å²) in [7, 11) is -3.56. The van der Waals surface area contributed by atoms with E-state index in [4.69, 9.17) is 5.11 Å². The van der Waals surface area contributed by atoms with Crippen molar-refractivity contribution in [1.82, 2.24) is 0 Å². The summed E-state index contributed by atoms with van der Waals surface area (Å²) in [4.78, 5) is 0.623. The third-order valence-corrected chi connectivity index (χ3v) is 5.82. The van der Waals surface area contributed by atoms with E-state index in [0.717, 1.165) is 14.9 Å². The van der Waals surface area contributed by atoms with Crippen molar-refractivity contribution < 1.29 is 13.5 Å². The van der Waals surface area contributed by atoms with Crippen LogP contribution in [0.4, 0.5) is 5.69 Å². The number of rotatable bonds is 4. The first-order valence-electron chi connectivity index (χ1n) is 4.99. The van der Waals surface area contributed by atoms with Crippen LogP contribution < -0.4 is 4.72 Å². The highest BCUT2D eigenvalue weighted by Gasteiger charge is 2.16. The van der Waals surface area contributed by atoms with Crippen LogP contribution in [0.25, 0.3) is 0 Å². The fraction of sp³-hybridized carbons (Fsp3) is 0.0909. The quantitative estimate of drug-likeness (QED) is 0.783. The second kappa shape index (κ2) is 5.55. The Morgan fingerprint density at radius 1 is 1.17 bits per heavy atom. The summed E-state index contributed by atoms with van der Waals surface area (Å²) in [6.07, 6.45) is 0. The second-order valence-corrected chi connectivity index (χ2v) is 7.81. The molecular weight excluding hydrogens is 385 g/mol. The van der Waals surface area contributed by atoms with Crippen LogP contribution in [0.2, 0.25) is 0 Å². The standard InChI is InChI=1S/C11H10INO3S2/c12-8-1-3-9(4-2-8)13-18(15,16)11-6-5-10(7-14)17-11/h1-6,13-14H,7H2. The molecule has 18 heavy (non-hydrogen) atoms. The molecule has 0 radical (unpaired) electrons. The predicted octanol–water partition coefficient (Wildman–Crippen LogP) is 2.65. The maximum Gasteiger partial charge on any atom is 0.271 e. The predicted molar refractivity (Wildman–Crippen MR) is 80.2 cm³/mol. The zero-order valence-corrected chi connectivity index (χ0v) is 12.9. The number of halogens is 1. The summed E-state index contributed by atoms with van der Waals surface area (Å²) in [6.45, 7) is -0.149. The van der Waals surface area contributed by atoms with E-state index in [9.17, 15) is 8.42 Å². The molecule has 0 saturated carbocycles. The van der Waals surface area contributed by atoms with E-state index in [-0.39, 0.29) is 10.8 Å². The lowest BCUT2D eigenvalue weighted by molar-refractivity contribution is 0.285. The van der Waals surface area contributed by atoms with Crippen molar-refractivity contribution in [2.75, 3.05) is 4.72 Å². The van der Waals surface area contributed by atoms with Crippen molar-refractivity contribution in [1.29, 1.82) is 0 Å². The molecule has 0 aliphatic rings. The molecule has 0 bridgehead atoms. The summed E-state index contributed by atoms with van der Waals surface area (Å²) in [5.41, 5.74) is 0.523. The highest BCUT2D eigenvalue weighted by molar-refractivity contribution is 14.1. The molecule has 0 amide bonds. The molecule has 2 aromatic rings. The van der Waals surface area contributed by atoms with Gasteiger partial charge in [-0.05, 0) is 59.0 Å². The van der Waals surface area contributed by atoms with Crippen molar-refractivity contribution >= 4 is 49.6 Å². The number of aliphatic hydroxyl groups excluding tert-OH is 1. The number of nitrogens with one attached hydrogen (secondary N) is 1. The molecule has 0 spiro atoms. The molecule has 7 heteroatoms. The van der Waals surface area contributed by atoms with E-state index in [1.165, 1.54) is 6.07 Å². The molecule has 1 aromatic carbocycles. The van der Waals surface area contributed by atoms with Crippen LogP contribution in [-0.4, -0.2) is 13.5 Å². The number of sulfonamides is 1. The molecule has 2 rings (SSSR count). The minimum absolute atomic E-state index is 0.149. The molecule has 4 nitrogen and oxygen atoms in total. The lowest BCUT2D eigenvalue weighted by Gasteiger charge is -2.05. The van der Waals surface area contributed by atoms with E-state index in [2.05, 4.69) is 27.3 Å². The van der Waals surface area contributed by atoms with Crippen LogP contribution >= 0.6 is 33.9 Å². The Morgan fingerprint density at radius 3 is 2.39 bits per heavy atom. The lowest BCUT2D eigenvalue weighted by Crippen LogP contribution is -2.11. The average molecular weight is 395 g/mol. The third-order valence-electron chi connectivity index (χ3n) is 2.15. The number of anilines is 1. The number of hydrogen-bond donors (Lipinski definition) is 2. The Hall–Kier alpha value is -0.640. The van der Waals surface area contributed by atoms with Crippen LogP contribution in [0.1, 0.15) is 4.88 Å². The van der Waals surface area contributed by atoms with Gasteiger partial charge in [0.05, 0.1) is 6.61 Å². The molecule has 1 aromatic heterocycles. The van der Waals surface area contributed by atoms with E-state index in [0.29, 0.717) is 10.6 Å². The van der Waals surface area contributed by atoms with Crippen molar-refractivity contribution in [2.45, 2.75) is 10.8 Å². The highest BCUT2D eigenvalue weighted by atomic mass is 127. The number of benzene rings is 1. The van der Waals surface area contributed by atoms with Gasteiger partial charge in [0.2, 0.25) is 0 Å². The van der Waals surface area contributed by atoms with Crippen LogP contribution in [-0.2, 0) is 16.6 Å². The van der Waals surface area contributed by atoms with E-state index in [1.807, 2.05) is 12.1 Å².